The Morgan fingerprint density at radius 2 is 1.85 bits per heavy atom. The molecule has 1 amide bonds. The van der Waals surface area contributed by atoms with E-state index in [9.17, 15) is 13.2 Å². The molecule has 5 rings (SSSR count). The SMILES string of the molecule is O=C(Nc1ccc2c(c1)OCCCO2)c1cccc(S(=O)(=O)N2CCC[C@@H]2c2cccs2)c1. The van der Waals surface area contributed by atoms with Crippen molar-refractivity contribution in [2.24, 2.45) is 0 Å². The van der Waals surface area contributed by atoms with Gasteiger partial charge in [0, 0.05) is 35.2 Å². The third kappa shape index (κ3) is 4.48. The van der Waals surface area contributed by atoms with Crippen molar-refractivity contribution >= 4 is 33.0 Å². The number of hydrogen-bond donors (Lipinski definition) is 1. The van der Waals surface area contributed by atoms with E-state index in [0.29, 0.717) is 36.9 Å². The molecule has 0 saturated carbocycles. The Kier molecular flexibility index (Phi) is 6.09. The van der Waals surface area contributed by atoms with Crippen molar-refractivity contribution < 1.29 is 22.7 Å². The number of hydrogen-bond acceptors (Lipinski definition) is 6. The van der Waals surface area contributed by atoms with Gasteiger partial charge in [0.05, 0.1) is 24.2 Å². The van der Waals surface area contributed by atoms with Crippen molar-refractivity contribution in [3.05, 3.63) is 70.4 Å². The number of ether oxygens (including phenoxy) is 2. The Labute approximate surface area is 197 Å². The monoisotopic (exact) mass is 484 g/mol. The normalized spacial score (nSPS) is 18.6. The predicted molar refractivity (Wildman–Crippen MR) is 127 cm³/mol. The van der Waals surface area contributed by atoms with Gasteiger partial charge in [-0.1, -0.05) is 12.1 Å². The minimum atomic E-state index is -3.74. The summed E-state index contributed by atoms with van der Waals surface area (Å²) in [5, 5.41) is 4.79. The minimum absolute atomic E-state index is 0.122. The Morgan fingerprint density at radius 1 is 1.00 bits per heavy atom. The lowest BCUT2D eigenvalue weighted by atomic mass is 10.2. The minimum Gasteiger partial charge on any atom is -0.490 e. The van der Waals surface area contributed by atoms with Gasteiger partial charge in [-0.3, -0.25) is 4.79 Å². The van der Waals surface area contributed by atoms with Gasteiger partial charge in [-0.2, -0.15) is 4.31 Å². The zero-order chi connectivity index (χ0) is 22.8. The highest BCUT2D eigenvalue weighted by Crippen LogP contribution is 2.38. The molecule has 0 aliphatic carbocycles. The summed E-state index contributed by atoms with van der Waals surface area (Å²) in [6.45, 7) is 1.61. The number of anilines is 1. The van der Waals surface area contributed by atoms with E-state index >= 15 is 0 Å². The molecule has 1 atom stereocenters. The van der Waals surface area contributed by atoms with Crippen LogP contribution in [0.2, 0.25) is 0 Å². The average molecular weight is 485 g/mol. The fourth-order valence-electron chi connectivity index (χ4n) is 4.17. The zero-order valence-electron chi connectivity index (χ0n) is 17.9. The highest BCUT2D eigenvalue weighted by molar-refractivity contribution is 7.89. The van der Waals surface area contributed by atoms with Crippen molar-refractivity contribution in [3.63, 3.8) is 0 Å². The molecular formula is C24H24N2O5S2. The van der Waals surface area contributed by atoms with Gasteiger partial charge >= 0.3 is 0 Å². The number of amides is 1. The maximum Gasteiger partial charge on any atom is 0.255 e. The number of thiophene rings is 1. The van der Waals surface area contributed by atoms with E-state index in [1.165, 1.54) is 6.07 Å². The molecule has 9 heteroatoms. The van der Waals surface area contributed by atoms with Gasteiger partial charge < -0.3 is 14.8 Å². The number of nitrogens with zero attached hydrogens (tertiary/aromatic N) is 1. The summed E-state index contributed by atoms with van der Waals surface area (Å²) in [5.41, 5.74) is 0.824. The summed E-state index contributed by atoms with van der Waals surface area (Å²) in [4.78, 5) is 14.1. The molecular weight excluding hydrogens is 460 g/mol. The maximum absolute atomic E-state index is 13.4. The zero-order valence-corrected chi connectivity index (χ0v) is 19.5. The molecule has 172 valence electrons. The number of nitrogens with one attached hydrogen (secondary N) is 1. The summed E-state index contributed by atoms with van der Waals surface area (Å²) >= 11 is 1.57. The van der Waals surface area contributed by atoms with Crippen molar-refractivity contribution in [1.82, 2.24) is 4.31 Å². The van der Waals surface area contributed by atoms with Crippen molar-refractivity contribution in [3.8, 4) is 11.5 Å². The van der Waals surface area contributed by atoms with Crippen LogP contribution in [0.3, 0.4) is 0 Å². The Balaban J connectivity index is 1.36. The van der Waals surface area contributed by atoms with Crippen LogP contribution in [0.4, 0.5) is 5.69 Å². The first kappa shape index (κ1) is 21.9. The van der Waals surface area contributed by atoms with Gasteiger partial charge in [-0.25, -0.2) is 8.42 Å². The van der Waals surface area contributed by atoms with Gasteiger partial charge in [-0.15, -0.1) is 11.3 Å². The first-order valence-electron chi connectivity index (χ1n) is 10.9. The van der Waals surface area contributed by atoms with Gasteiger partial charge in [0.2, 0.25) is 10.0 Å². The first-order valence-corrected chi connectivity index (χ1v) is 13.2. The summed E-state index contributed by atoms with van der Waals surface area (Å²) in [7, 11) is -3.74. The molecule has 2 aliphatic heterocycles. The van der Waals surface area contributed by atoms with E-state index in [1.807, 2.05) is 17.5 Å². The van der Waals surface area contributed by atoms with Gasteiger partial charge in [-0.05, 0) is 54.6 Å². The molecule has 33 heavy (non-hydrogen) atoms. The molecule has 1 fully saturated rings. The van der Waals surface area contributed by atoms with E-state index in [-0.39, 0.29) is 16.5 Å². The number of carbonyl (C=O) groups excluding carboxylic acids is 1. The summed E-state index contributed by atoms with van der Waals surface area (Å²) in [6.07, 6.45) is 2.40. The molecule has 0 spiro atoms. The lowest BCUT2D eigenvalue weighted by molar-refractivity contribution is 0.102. The third-order valence-corrected chi connectivity index (χ3v) is 8.66. The molecule has 1 saturated heterocycles. The van der Waals surface area contributed by atoms with Crippen LogP contribution in [-0.2, 0) is 10.0 Å². The van der Waals surface area contributed by atoms with Crippen LogP contribution >= 0.6 is 11.3 Å². The summed E-state index contributed by atoms with van der Waals surface area (Å²) < 4.78 is 39.7. The molecule has 3 heterocycles. The first-order chi connectivity index (χ1) is 16.0. The second-order valence-electron chi connectivity index (χ2n) is 7.98. The second kappa shape index (κ2) is 9.17. The Bertz CT molecular complexity index is 1260. The fraction of sp³-hybridized carbons (Fsp3) is 0.292. The largest absolute Gasteiger partial charge is 0.490 e. The van der Waals surface area contributed by atoms with Crippen LogP contribution in [-0.4, -0.2) is 38.4 Å². The van der Waals surface area contributed by atoms with Gasteiger partial charge in [0.15, 0.2) is 11.5 Å². The molecule has 2 aromatic carbocycles. The Morgan fingerprint density at radius 3 is 2.67 bits per heavy atom. The summed E-state index contributed by atoms with van der Waals surface area (Å²) in [6, 6.07) is 15.2. The molecule has 0 radical (unpaired) electrons. The van der Waals surface area contributed by atoms with Crippen molar-refractivity contribution in [1.29, 1.82) is 0 Å². The average Bonchev–Trinajstić information content (AvgIpc) is 3.48. The lowest BCUT2D eigenvalue weighted by Gasteiger charge is -2.23. The standard InChI is InChI=1S/C24H24N2O5S2/c27-24(25-18-9-10-21-22(16-18)31-13-4-12-30-21)17-5-1-6-19(15-17)33(28,29)26-11-2-7-20(26)23-8-3-14-32-23/h1,3,5-6,8-10,14-16,20H,2,4,7,11-13H2,(H,25,27)/t20-/m1/s1. The lowest BCUT2D eigenvalue weighted by Crippen LogP contribution is -2.30. The quantitative estimate of drug-likeness (QED) is 0.568. The smallest absolute Gasteiger partial charge is 0.255 e. The summed E-state index contributed by atoms with van der Waals surface area (Å²) in [5.74, 6) is 0.831. The second-order valence-corrected chi connectivity index (χ2v) is 10.9. The van der Waals surface area contributed by atoms with Crippen LogP contribution in [0.15, 0.2) is 64.9 Å². The number of sulfonamides is 1. The molecule has 1 N–H and O–H groups in total. The van der Waals surface area contributed by atoms with Crippen LogP contribution in [0, 0.1) is 0 Å². The Hall–Kier alpha value is -2.88. The molecule has 2 aliphatic rings. The van der Waals surface area contributed by atoms with Crippen molar-refractivity contribution in [2.75, 3.05) is 25.1 Å². The maximum atomic E-state index is 13.4. The molecule has 0 unspecified atom stereocenters. The number of carbonyl (C=O) groups is 1. The van der Waals surface area contributed by atoms with Gasteiger partial charge in [0.1, 0.15) is 0 Å². The van der Waals surface area contributed by atoms with E-state index in [2.05, 4.69) is 5.32 Å². The molecule has 1 aromatic heterocycles. The van der Waals surface area contributed by atoms with E-state index in [0.717, 1.165) is 24.1 Å². The van der Waals surface area contributed by atoms with E-state index < -0.39 is 15.9 Å². The number of benzene rings is 2. The third-order valence-electron chi connectivity index (χ3n) is 5.78. The fourth-order valence-corrected chi connectivity index (χ4v) is 6.83. The van der Waals surface area contributed by atoms with Crippen molar-refractivity contribution in [2.45, 2.75) is 30.2 Å². The van der Waals surface area contributed by atoms with Crippen LogP contribution < -0.4 is 14.8 Å². The predicted octanol–water partition coefficient (Wildman–Crippen LogP) is 4.69. The highest BCUT2D eigenvalue weighted by Gasteiger charge is 2.36. The molecule has 7 nitrogen and oxygen atoms in total. The van der Waals surface area contributed by atoms with Gasteiger partial charge in [0.25, 0.3) is 5.91 Å². The van der Waals surface area contributed by atoms with Crippen LogP contribution in [0.5, 0.6) is 11.5 Å². The molecule has 3 aromatic rings. The van der Waals surface area contributed by atoms with Crippen LogP contribution in [0.25, 0.3) is 0 Å². The van der Waals surface area contributed by atoms with Crippen LogP contribution in [0.1, 0.15) is 40.5 Å². The van der Waals surface area contributed by atoms with E-state index in [4.69, 9.17) is 9.47 Å². The van der Waals surface area contributed by atoms with E-state index in [1.54, 1.807) is 52.0 Å². The topological polar surface area (TPSA) is 84.9 Å². The number of fused-ring (bicyclic) bond motifs is 1. The molecule has 0 bridgehead atoms. The highest BCUT2D eigenvalue weighted by atomic mass is 32.2. The number of rotatable bonds is 5.